The van der Waals surface area contributed by atoms with Crippen molar-refractivity contribution in [3.05, 3.63) is 75.8 Å². The standard InChI is InChI=1S/C27H26N2O6S/c1-5-34-19-13-12-18(14-20(19)35-6-2)22-21(23(31)17-10-8-7-9-11-17)24(32)26(33)29(22)27-28-15(3)25(36-27)16(4)30/h7-14,22,31H,5-6H2,1-4H3/b23-21+. The van der Waals surface area contributed by atoms with Gasteiger partial charge in [-0.15, -0.1) is 0 Å². The first-order valence-corrected chi connectivity index (χ1v) is 12.3. The number of thiazole rings is 1. The van der Waals surface area contributed by atoms with Crippen LogP contribution in [0.4, 0.5) is 5.13 Å². The Kier molecular flexibility index (Phi) is 7.21. The summed E-state index contributed by atoms with van der Waals surface area (Å²) in [6.07, 6.45) is 0. The number of aliphatic hydroxyl groups is 1. The predicted molar refractivity (Wildman–Crippen MR) is 137 cm³/mol. The minimum atomic E-state index is -0.995. The number of nitrogens with zero attached hydrogens (tertiary/aromatic N) is 2. The summed E-state index contributed by atoms with van der Waals surface area (Å²) >= 11 is 1.04. The Morgan fingerprint density at radius 1 is 1.06 bits per heavy atom. The van der Waals surface area contributed by atoms with E-state index in [0.29, 0.717) is 46.4 Å². The van der Waals surface area contributed by atoms with Crippen molar-refractivity contribution in [3.63, 3.8) is 0 Å². The number of benzene rings is 2. The molecule has 36 heavy (non-hydrogen) atoms. The molecule has 1 amide bonds. The first-order valence-electron chi connectivity index (χ1n) is 11.5. The summed E-state index contributed by atoms with van der Waals surface area (Å²) in [4.78, 5) is 44.9. The van der Waals surface area contributed by atoms with Crippen LogP contribution < -0.4 is 14.4 Å². The van der Waals surface area contributed by atoms with Crippen molar-refractivity contribution in [2.45, 2.75) is 33.7 Å². The molecular weight excluding hydrogens is 480 g/mol. The Balaban J connectivity index is 1.96. The van der Waals surface area contributed by atoms with Gasteiger partial charge >= 0.3 is 5.91 Å². The van der Waals surface area contributed by atoms with E-state index in [4.69, 9.17) is 9.47 Å². The fourth-order valence-electron chi connectivity index (χ4n) is 4.15. The van der Waals surface area contributed by atoms with Crippen LogP contribution in [0.25, 0.3) is 5.76 Å². The van der Waals surface area contributed by atoms with E-state index in [2.05, 4.69) is 4.98 Å². The molecule has 8 nitrogen and oxygen atoms in total. The zero-order valence-corrected chi connectivity index (χ0v) is 21.2. The molecule has 1 saturated heterocycles. The number of aryl methyl sites for hydroxylation is 1. The van der Waals surface area contributed by atoms with E-state index in [1.54, 1.807) is 55.5 Å². The van der Waals surface area contributed by atoms with Crippen LogP contribution >= 0.6 is 11.3 Å². The van der Waals surface area contributed by atoms with E-state index in [9.17, 15) is 19.5 Å². The maximum absolute atomic E-state index is 13.4. The molecule has 1 aliphatic heterocycles. The molecule has 1 unspecified atom stereocenters. The highest BCUT2D eigenvalue weighted by molar-refractivity contribution is 7.18. The summed E-state index contributed by atoms with van der Waals surface area (Å²) in [7, 11) is 0. The van der Waals surface area contributed by atoms with Gasteiger partial charge in [0.2, 0.25) is 0 Å². The maximum Gasteiger partial charge on any atom is 0.301 e. The van der Waals surface area contributed by atoms with Crippen LogP contribution in [-0.4, -0.2) is 40.8 Å². The molecular formula is C27H26N2O6S. The van der Waals surface area contributed by atoms with Crippen molar-refractivity contribution < 1.29 is 29.0 Å². The van der Waals surface area contributed by atoms with Crippen molar-refractivity contribution in [3.8, 4) is 11.5 Å². The molecule has 0 spiro atoms. The molecule has 2 aromatic carbocycles. The van der Waals surface area contributed by atoms with Gasteiger partial charge in [-0.05, 0) is 38.5 Å². The molecule has 0 saturated carbocycles. The smallest absolute Gasteiger partial charge is 0.301 e. The third kappa shape index (κ3) is 4.49. The van der Waals surface area contributed by atoms with Crippen LogP contribution in [0.5, 0.6) is 11.5 Å². The highest BCUT2D eigenvalue weighted by Crippen LogP contribution is 2.45. The monoisotopic (exact) mass is 506 g/mol. The summed E-state index contributed by atoms with van der Waals surface area (Å²) < 4.78 is 11.4. The van der Waals surface area contributed by atoms with Crippen molar-refractivity contribution in [1.29, 1.82) is 0 Å². The second kappa shape index (κ2) is 10.3. The number of hydrogen-bond donors (Lipinski definition) is 1. The lowest BCUT2D eigenvalue weighted by Gasteiger charge is -2.24. The minimum absolute atomic E-state index is 0.0740. The molecule has 1 aromatic heterocycles. The van der Waals surface area contributed by atoms with Gasteiger partial charge in [-0.3, -0.25) is 19.3 Å². The molecule has 1 atom stereocenters. The molecule has 4 rings (SSSR count). The lowest BCUT2D eigenvalue weighted by atomic mass is 9.95. The third-order valence-corrected chi connectivity index (χ3v) is 6.94. The molecule has 0 aliphatic carbocycles. The second-order valence-electron chi connectivity index (χ2n) is 8.07. The largest absolute Gasteiger partial charge is 0.507 e. The number of ether oxygens (including phenoxy) is 2. The average Bonchev–Trinajstić information content (AvgIpc) is 3.37. The van der Waals surface area contributed by atoms with Crippen LogP contribution in [0.1, 0.15) is 53.3 Å². The number of amides is 1. The van der Waals surface area contributed by atoms with Crippen LogP contribution in [0.3, 0.4) is 0 Å². The summed E-state index contributed by atoms with van der Waals surface area (Å²) in [6, 6.07) is 12.7. The molecule has 9 heteroatoms. The molecule has 1 N–H and O–H groups in total. The third-order valence-electron chi connectivity index (χ3n) is 5.69. The zero-order valence-electron chi connectivity index (χ0n) is 20.4. The number of carbonyl (C=O) groups excluding carboxylic acids is 3. The number of aliphatic hydroxyl groups excluding tert-OH is 1. The van der Waals surface area contributed by atoms with Gasteiger partial charge in [0.25, 0.3) is 5.78 Å². The number of aromatic nitrogens is 1. The molecule has 2 heterocycles. The average molecular weight is 507 g/mol. The quantitative estimate of drug-likeness (QED) is 0.197. The number of anilines is 1. The van der Waals surface area contributed by atoms with Gasteiger partial charge in [-0.25, -0.2) is 4.98 Å². The van der Waals surface area contributed by atoms with Gasteiger partial charge in [0.15, 0.2) is 22.4 Å². The molecule has 3 aromatic rings. The van der Waals surface area contributed by atoms with E-state index in [1.165, 1.54) is 11.8 Å². The number of carbonyl (C=O) groups is 3. The lowest BCUT2D eigenvalue weighted by molar-refractivity contribution is -0.132. The Hall–Kier alpha value is -3.98. The fraction of sp³-hybridized carbons (Fsp3) is 0.259. The van der Waals surface area contributed by atoms with Gasteiger partial charge in [-0.2, -0.15) is 0 Å². The summed E-state index contributed by atoms with van der Waals surface area (Å²) in [5.74, 6) is -1.20. The number of rotatable bonds is 8. The van der Waals surface area contributed by atoms with E-state index in [0.717, 1.165) is 11.3 Å². The predicted octanol–water partition coefficient (Wildman–Crippen LogP) is 5.08. The van der Waals surface area contributed by atoms with Crippen molar-refractivity contribution >= 4 is 39.7 Å². The first-order chi connectivity index (χ1) is 17.3. The summed E-state index contributed by atoms with van der Waals surface area (Å²) in [5, 5.41) is 11.4. The summed E-state index contributed by atoms with van der Waals surface area (Å²) in [6.45, 7) is 7.60. The normalized spacial score (nSPS) is 16.9. The van der Waals surface area contributed by atoms with Crippen molar-refractivity contribution in [2.24, 2.45) is 0 Å². The summed E-state index contributed by atoms with van der Waals surface area (Å²) in [5.41, 5.74) is 1.31. The van der Waals surface area contributed by atoms with Crippen molar-refractivity contribution in [2.75, 3.05) is 18.1 Å². The van der Waals surface area contributed by atoms with E-state index in [-0.39, 0.29) is 22.2 Å². The number of Topliss-reactive ketones (excluding diaryl/α,β-unsaturated/α-hetero) is 2. The van der Waals surface area contributed by atoms with Crippen LogP contribution in [0.2, 0.25) is 0 Å². The molecule has 1 aliphatic rings. The molecule has 186 valence electrons. The Morgan fingerprint density at radius 2 is 1.72 bits per heavy atom. The van der Waals surface area contributed by atoms with Gasteiger partial charge in [0, 0.05) is 12.5 Å². The van der Waals surface area contributed by atoms with Gasteiger partial charge in [0.05, 0.1) is 35.4 Å². The number of hydrogen-bond acceptors (Lipinski definition) is 8. The van der Waals surface area contributed by atoms with Gasteiger partial charge in [0.1, 0.15) is 5.76 Å². The highest BCUT2D eigenvalue weighted by Gasteiger charge is 2.48. The Labute approximate surface area is 212 Å². The van der Waals surface area contributed by atoms with Crippen LogP contribution in [0.15, 0.2) is 54.1 Å². The molecule has 1 fully saturated rings. The molecule has 0 bridgehead atoms. The zero-order chi connectivity index (χ0) is 26.0. The molecule has 0 radical (unpaired) electrons. The Bertz CT molecular complexity index is 1360. The highest BCUT2D eigenvalue weighted by atomic mass is 32.1. The SMILES string of the molecule is CCOc1ccc(C2/C(=C(\O)c3ccccc3)C(=O)C(=O)N2c2nc(C)c(C(C)=O)s2)cc1OCC. The lowest BCUT2D eigenvalue weighted by Crippen LogP contribution is -2.29. The van der Waals surface area contributed by atoms with Crippen molar-refractivity contribution in [1.82, 2.24) is 4.98 Å². The number of ketones is 2. The fourth-order valence-corrected chi connectivity index (χ4v) is 5.14. The topological polar surface area (TPSA) is 106 Å². The minimum Gasteiger partial charge on any atom is -0.507 e. The van der Waals surface area contributed by atoms with E-state index < -0.39 is 17.7 Å². The van der Waals surface area contributed by atoms with Crippen LogP contribution in [0, 0.1) is 6.92 Å². The Morgan fingerprint density at radius 3 is 2.33 bits per heavy atom. The maximum atomic E-state index is 13.4. The van der Waals surface area contributed by atoms with E-state index in [1.807, 2.05) is 13.8 Å². The second-order valence-corrected chi connectivity index (χ2v) is 9.05. The van der Waals surface area contributed by atoms with Gasteiger partial charge in [-0.1, -0.05) is 47.7 Å². The van der Waals surface area contributed by atoms with Gasteiger partial charge < -0.3 is 14.6 Å². The van der Waals surface area contributed by atoms with E-state index >= 15 is 0 Å². The van der Waals surface area contributed by atoms with Crippen LogP contribution in [-0.2, 0) is 9.59 Å². The first kappa shape index (κ1) is 25.1.